The highest BCUT2D eigenvalue weighted by atomic mass is 32.2. The molecule has 0 fully saturated rings. The average Bonchev–Trinajstić information content (AvgIpc) is 2.98. The highest BCUT2D eigenvalue weighted by Crippen LogP contribution is 2.09. The molecule has 6 heteroatoms. The Morgan fingerprint density at radius 1 is 1.35 bits per heavy atom. The van der Waals surface area contributed by atoms with Crippen LogP contribution in [0.4, 0.5) is 0 Å². The minimum atomic E-state index is -0.615. The molecule has 0 spiro atoms. The van der Waals surface area contributed by atoms with E-state index < -0.39 is 11.8 Å². The Kier molecular flexibility index (Phi) is 5.17. The van der Waals surface area contributed by atoms with Gasteiger partial charge in [0.25, 0.3) is 0 Å². The summed E-state index contributed by atoms with van der Waals surface area (Å²) < 4.78 is 0. The molecule has 1 N–H and O–H groups in total. The fourth-order valence-corrected chi connectivity index (χ4v) is 2.56. The predicted octanol–water partition coefficient (Wildman–Crippen LogP) is 1.25. The summed E-state index contributed by atoms with van der Waals surface area (Å²) in [5.74, 6) is -0.284. The molecule has 1 heterocycles. The molecule has 20 heavy (non-hydrogen) atoms. The highest BCUT2D eigenvalue weighted by Gasteiger charge is 2.22. The van der Waals surface area contributed by atoms with Crippen LogP contribution in [0.15, 0.2) is 35.3 Å². The smallest absolute Gasteiger partial charge is 0.315 e. The second-order valence-electron chi connectivity index (χ2n) is 4.29. The average molecular weight is 291 g/mol. The van der Waals surface area contributed by atoms with Crippen LogP contribution in [0.3, 0.4) is 0 Å². The van der Waals surface area contributed by atoms with E-state index in [4.69, 9.17) is 0 Å². The molecule has 1 aliphatic rings. The third kappa shape index (κ3) is 3.84. The van der Waals surface area contributed by atoms with Crippen molar-refractivity contribution in [3.63, 3.8) is 0 Å². The fraction of sp³-hybridized carbons (Fsp3) is 0.357. The quantitative estimate of drug-likeness (QED) is 0.853. The van der Waals surface area contributed by atoms with Crippen molar-refractivity contribution in [2.24, 2.45) is 4.99 Å². The maximum atomic E-state index is 12.1. The van der Waals surface area contributed by atoms with Crippen LogP contribution in [0.1, 0.15) is 12.5 Å². The number of carbonyl (C=O) groups is 2. The Hall–Kier alpha value is -1.82. The van der Waals surface area contributed by atoms with E-state index in [0.29, 0.717) is 24.8 Å². The minimum absolute atomic E-state index is 0.434. The molecule has 2 amide bonds. The largest absolute Gasteiger partial charge is 0.330 e. The number of aliphatic imine (C=N–C) groups is 1. The van der Waals surface area contributed by atoms with Crippen LogP contribution in [-0.4, -0.2) is 40.7 Å². The number of likely N-dealkylation sites (N-methyl/N-ethyl adjacent to an activating group) is 1. The third-order valence-electron chi connectivity index (χ3n) is 2.89. The third-order valence-corrected chi connectivity index (χ3v) is 3.78. The van der Waals surface area contributed by atoms with E-state index in [1.54, 1.807) is 0 Å². The summed E-state index contributed by atoms with van der Waals surface area (Å²) in [5.41, 5.74) is 1.00. The number of hydrogen-bond acceptors (Lipinski definition) is 4. The molecule has 0 unspecified atom stereocenters. The van der Waals surface area contributed by atoms with E-state index in [-0.39, 0.29) is 0 Å². The molecule has 0 atom stereocenters. The summed E-state index contributed by atoms with van der Waals surface area (Å²) in [7, 11) is 0. The molecule has 0 bridgehead atoms. The van der Waals surface area contributed by atoms with E-state index in [2.05, 4.69) is 10.3 Å². The van der Waals surface area contributed by atoms with Gasteiger partial charge < -0.3 is 4.90 Å². The maximum absolute atomic E-state index is 12.1. The molecular weight excluding hydrogens is 274 g/mol. The van der Waals surface area contributed by atoms with Gasteiger partial charge in [-0.25, -0.2) is 0 Å². The fourth-order valence-electron chi connectivity index (χ4n) is 1.84. The first-order valence-corrected chi connectivity index (χ1v) is 7.50. The summed E-state index contributed by atoms with van der Waals surface area (Å²) in [6.45, 7) is 3.47. The van der Waals surface area contributed by atoms with Crippen LogP contribution >= 0.6 is 11.8 Å². The first kappa shape index (κ1) is 14.6. The molecule has 1 aliphatic heterocycles. The number of hydrogen-bond donors (Lipinski definition) is 1. The Balaban J connectivity index is 1.96. The van der Waals surface area contributed by atoms with E-state index in [9.17, 15) is 9.59 Å². The molecule has 5 nitrogen and oxygen atoms in total. The van der Waals surface area contributed by atoms with Gasteiger partial charge >= 0.3 is 11.8 Å². The molecule has 0 aliphatic carbocycles. The Morgan fingerprint density at radius 3 is 2.70 bits per heavy atom. The summed E-state index contributed by atoms with van der Waals surface area (Å²) in [5, 5.41) is 3.10. The number of nitrogens with zero attached hydrogens (tertiary/aromatic N) is 2. The second kappa shape index (κ2) is 7.09. The van der Waals surface area contributed by atoms with Crippen molar-refractivity contribution in [2.75, 3.05) is 18.8 Å². The van der Waals surface area contributed by atoms with Crippen molar-refractivity contribution < 1.29 is 9.59 Å². The van der Waals surface area contributed by atoms with Crippen molar-refractivity contribution in [2.45, 2.75) is 13.5 Å². The van der Waals surface area contributed by atoms with E-state index >= 15 is 0 Å². The van der Waals surface area contributed by atoms with Gasteiger partial charge in [0.1, 0.15) is 0 Å². The molecule has 0 saturated heterocycles. The summed E-state index contributed by atoms with van der Waals surface area (Å²) >= 11 is 1.46. The summed E-state index contributed by atoms with van der Waals surface area (Å²) in [6, 6.07) is 9.62. The highest BCUT2D eigenvalue weighted by molar-refractivity contribution is 8.14. The normalized spacial score (nSPS) is 13.8. The van der Waals surface area contributed by atoms with Crippen molar-refractivity contribution in [1.82, 2.24) is 10.2 Å². The lowest BCUT2D eigenvalue weighted by molar-refractivity contribution is -0.145. The number of amides is 2. The molecule has 0 aromatic heterocycles. The van der Waals surface area contributed by atoms with E-state index in [1.165, 1.54) is 16.7 Å². The molecule has 0 radical (unpaired) electrons. The topological polar surface area (TPSA) is 61.8 Å². The monoisotopic (exact) mass is 291 g/mol. The van der Waals surface area contributed by atoms with Crippen molar-refractivity contribution in [3.8, 4) is 0 Å². The van der Waals surface area contributed by atoms with Crippen LogP contribution in [0.2, 0.25) is 0 Å². The predicted molar refractivity (Wildman–Crippen MR) is 80.4 cm³/mol. The first-order valence-electron chi connectivity index (χ1n) is 6.52. The zero-order valence-electron chi connectivity index (χ0n) is 11.3. The van der Waals surface area contributed by atoms with Crippen LogP contribution < -0.4 is 5.32 Å². The molecule has 1 aromatic carbocycles. The number of benzene rings is 1. The van der Waals surface area contributed by atoms with Gasteiger partial charge in [-0.2, -0.15) is 0 Å². The summed E-state index contributed by atoms with van der Waals surface area (Å²) in [6.07, 6.45) is 0. The number of nitrogens with one attached hydrogen (secondary N) is 1. The van der Waals surface area contributed by atoms with Gasteiger partial charge in [-0.3, -0.25) is 19.9 Å². The van der Waals surface area contributed by atoms with Gasteiger partial charge in [0.05, 0.1) is 6.54 Å². The lowest BCUT2D eigenvalue weighted by Crippen LogP contribution is -2.43. The SMILES string of the molecule is CCN(Cc1ccccc1)C(=O)C(=O)NC1=NCCS1. The van der Waals surface area contributed by atoms with Gasteiger partial charge in [-0.05, 0) is 12.5 Å². The number of amidine groups is 1. The minimum Gasteiger partial charge on any atom is -0.330 e. The maximum Gasteiger partial charge on any atom is 0.315 e. The Morgan fingerprint density at radius 2 is 2.10 bits per heavy atom. The van der Waals surface area contributed by atoms with Crippen LogP contribution in [0.25, 0.3) is 0 Å². The molecule has 0 saturated carbocycles. The second-order valence-corrected chi connectivity index (χ2v) is 5.38. The van der Waals surface area contributed by atoms with Gasteiger partial charge in [0.2, 0.25) is 0 Å². The first-order chi connectivity index (χ1) is 9.70. The molecular formula is C14H17N3O2S. The van der Waals surface area contributed by atoms with Crippen molar-refractivity contribution in [3.05, 3.63) is 35.9 Å². The van der Waals surface area contributed by atoms with Crippen LogP contribution in [0, 0.1) is 0 Å². The number of rotatable bonds is 3. The summed E-state index contributed by atoms with van der Waals surface area (Å²) in [4.78, 5) is 29.6. The van der Waals surface area contributed by atoms with Crippen molar-refractivity contribution >= 4 is 28.7 Å². The molecule has 2 rings (SSSR count). The zero-order valence-corrected chi connectivity index (χ0v) is 12.2. The van der Waals surface area contributed by atoms with Crippen LogP contribution in [0.5, 0.6) is 0 Å². The van der Waals surface area contributed by atoms with Crippen LogP contribution in [-0.2, 0) is 16.1 Å². The zero-order chi connectivity index (χ0) is 14.4. The lowest BCUT2D eigenvalue weighted by Gasteiger charge is -2.20. The Bertz CT molecular complexity index is 516. The van der Waals surface area contributed by atoms with E-state index in [1.807, 2.05) is 37.3 Å². The van der Waals surface area contributed by atoms with Gasteiger partial charge in [-0.1, -0.05) is 42.1 Å². The Labute approximate surface area is 122 Å². The van der Waals surface area contributed by atoms with Crippen molar-refractivity contribution in [1.29, 1.82) is 0 Å². The van der Waals surface area contributed by atoms with Gasteiger partial charge in [-0.15, -0.1) is 0 Å². The molecule has 106 valence electrons. The lowest BCUT2D eigenvalue weighted by atomic mass is 10.2. The number of carbonyl (C=O) groups excluding carboxylic acids is 2. The van der Waals surface area contributed by atoms with Gasteiger partial charge in [0, 0.05) is 18.8 Å². The standard InChI is InChI=1S/C14H17N3O2S/c1-2-17(10-11-6-4-3-5-7-11)13(19)12(18)16-14-15-8-9-20-14/h3-7H,2,8-10H2,1H3,(H,15,16,18). The van der Waals surface area contributed by atoms with E-state index in [0.717, 1.165) is 11.3 Å². The number of thioether (sulfide) groups is 1. The van der Waals surface area contributed by atoms with Gasteiger partial charge in [0.15, 0.2) is 5.17 Å². The molecule has 1 aromatic rings.